The van der Waals surface area contributed by atoms with Crippen LogP contribution in [0, 0.1) is 0 Å². The molecular weight excluding hydrogens is 238 g/mol. The number of phenolic OH excluding ortho intramolecular Hbond substituents is 1. The van der Waals surface area contributed by atoms with E-state index in [1.165, 1.54) is 6.07 Å². The highest BCUT2D eigenvalue weighted by molar-refractivity contribution is 6.30. The van der Waals surface area contributed by atoms with Gasteiger partial charge in [-0.1, -0.05) is 29.8 Å². The van der Waals surface area contributed by atoms with Gasteiger partial charge in [0.1, 0.15) is 23.8 Å². The van der Waals surface area contributed by atoms with Gasteiger partial charge in [0.25, 0.3) is 0 Å². The molecule has 4 heteroatoms. The molecule has 0 aliphatic heterocycles. The molecule has 2 aromatic carbocycles. The predicted molar refractivity (Wildman–Crippen MR) is 68.3 cm³/mol. The maximum atomic E-state index is 9.42. The van der Waals surface area contributed by atoms with Crippen LogP contribution in [0.2, 0.25) is 5.02 Å². The lowest BCUT2D eigenvalue weighted by molar-refractivity contribution is 0.306. The van der Waals surface area contributed by atoms with Gasteiger partial charge in [-0.2, -0.15) is 0 Å². The van der Waals surface area contributed by atoms with Crippen molar-refractivity contribution in [3.8, 4) is 11.5 Å². The summed E-state index contributed by atoms with van der Waals surface area (Å²) in [5.74, 6) is 0.485. The van der Waals surface area contributed by atoms with E-state index in [1.807, 2.05) is 18.2 Å². The molecule has 0 aliphatic carbocycles. The molecule has 0 radical (unpaired) electrons. The van der Waals surface area contributed by atoms with Crippen molar-refractivity contribution in [1.82, 2.24) is 0 Å². The fraction of sp³-hybridized carbons (Fsp3) is 0.0769. The van der Waals surface area contributed by atoms with Crippen LogP contribution >= 0.6 is 11.6 Å². The van der Waals surface area contributed by atoms with Crippen molar-refractivity contribution < 1.29 is 9.84 Å². The lowest BCUT2D eigenvalue weighted by Gasteiger charge is -2.09. The molecule has 3 nitrogen and oxygen atoms in total. The van der Waals surface area contributed by atoms with Crippen molar-refractivity contribution >= 4 is 17.3 Å². The van der Waals surface area contributed by atoms with Crippen LogP contribution in [0.4, 0.5) is 5.69 Å². The predicted octanol–water partition coefficient (Wildman–Crippen LogP) is 3.21. The summed E-state index contributed by atoms with van der Waals surface area (Å²) < 4.78 is 5.52. The average Bonchev–Trinajstić information content (AvgIpc) is 2.31. The lowest BCUT2D eigenvalue weighted by atomic mass is 10.2. The van der Waals surface area contributed by atoms with Crippen LogP contribution in [0.5, 0.6) is 11.5 Å². The number of anilines is 1. The Morgan fingerprint density at radius 1 is 1.18 bits per heavy atom. The number of phenols is 1. The number of hydrogen-bond donors (Lipinski definition) is 2. The average molecular weight is 250 g/mol. The molecule has 0 aromatic heterocycles. The zero-order valence-corrected chi connectivity index (χ0v) is 9.82. The van der Waals surface area contributed by atoms with Crippen molar-refractivity contribution in [3.05, 3.63) is 53.1 Å². The van der Waals surface area contributed by atoms with Crippen molar-refractivity contribution in [2.24, 2.45) is 0 Å². The Kier molecular flexibility index (Phi) is 3.40. The molecule has 0 aliphatic rings. The topological polar surface area (TPSA) is 55.5 Å². The third-order valence-electron chi connectivity index (χ3n) is 2.33. The number of para-hydroxylation sites is 1. The van der Waals surface area contributed by atoms with Crippen molar-refractivity contribution in [3.63, 3.8) is 0 Å². The quantitative estimate of drug-likeness (QED) is 0.649. The molecule has 0 atom stereocenters. The number of rotatable bonds is 3. The monoisotopic (exact) mass is 249 g/mol. The van der Waals surface area contributed by atoms with Gasteiger partial charge in [-0.3, -0.25) is 0 Å². The summed E-state index contributed by atoms with van der Waals surface area (Å²) in [6.07, 6.45) is 0. The fourth-order valence-corrected chi connectivity index (χ4v) is 1.66. The first-order valence-corrected chi connectivity index (χ1v) is 5.49. The summed E-state index contributed by atoms with van der Waals surface area (Å²) >= 11 is 5.86. The highest BCUT2D eigenvalue weighted by atomic mass is 35.5. The Bertz CT molecular complexity index is 529. The zero-order valence-electron chi connectivity index (χ0n) is 9.06. The number of halogens is 1. The Balaban J connectivity index is 2.10. The molecule has 2 aromatic rings. The molecule has 17 heavy (non-hydrogen) atoms. The number of aromatic hydroxyl groups is 1. The molecule has 3 N–H and O–H groups in total. The molecule has 2 rings (SSSR count). The molecular formula is C13H12ClNO2. The minimum atomic E-state index is 0.0218. The maximum absolute atomic E-state index is 9.42. The van der Waals surface area contributed by atoms with Gasteiger partial charge in [0, 0.05) is 5.02 Å². The van der Waals surface area contributed by atoms with Crippen LogP contribution in [0.25, 0.3) is 0 Å². The van der Waals surface area contributed by atoms with E-state index in [1.54, 1.807) is 18.2 Å². The van der Waals surface area contributed by atoms with Crippen LogP contribution in [0.1, 0.15) is 5.56 Å². The van der Waals surface area contributed by atoms with E-state index in [0.717, 1.165) is 5.56 Å². The lowest BCUT2D eigenvalue weighted by Crippen LogP contribution is -1.98. The molecule has 0 bridgehead atoms. The zero-order chi connectivity index (χ0) is 12.3. The second-order valence-corrected chi connectivity index (χ2v) is 4.04. The minimum Gasteiger partial charge on any atom is -0.506 e. The highest BCUT2D eigenvalue weighted by Gasteiger charge is 2.04. The van der Waals surface area contributed by atoms with Gasteiger partial charge in [0.05, 0.1) is 0 Å². The van der Waals surface area contributed by atoms with E-state index in [2.05, 4.69) is 0 Å². The molecule has 0 fully saturated rings. The highest BCUT2D eigenvalue weighted by Crippen LogP contribution is 2.30. The molecule has 0 heterocycles. The van der Waals surface area contributed by atoms with Crippen LogP contribution < -0.4 is 10.5 Å². The first-order chi connectivity index (χ1) is 8.16. The van der Waals surface area contributed by atoms with Gasteiger partial charge in [-0.15, -0.1) is 0 Å². The Morgan fingerprint density at radius 2 is 1.94 bits per heavy atom. The number of nitrogen functional groups attached to an aromatic ring is 1. The molecule has 0 spiro atoms. The molecule has 0 saturated carbocycles. The van der Waals surface area contributed by atoms with Gasteiger partial charge in [0.2, 0.25) is 0 Å². The first kappa shape index (κ1) is 11.6. The maximum Gasteiger partial charge on any atom is 0.146 e. The Labute approximate surface area is 104 Å². The molecule has 0 amide bonds. The largest absolute Gasteiger partial charge is 0.506 e. The summed E-state index contributed by atoms with van der Waals surface area (Å²) in [5.41, 5.74) is 6.87. The van der Waals surface area contributed by atoms with Crippen LogP contribution in [0.15, 0.2) is 42.5 Å². The fourth-order valence-electron chi connectivity index (χ4n) is 1.45. The molecule has 88 valence electrons. The summed E-state index contributed by atoms with van der Waals surface area (Å²) in [6.45, 7) is 0.355. The Hall–Kier alpha value is -1.87. The summed E-state index contributed by atoms with van der Waals surface area (Å²) in [4.78, 5) is 0. The van der Waals surface area contributed by atoms with Crippen molar-refractivity contribution in [2.45, 2.75) is 6.61 Å². The van der Waals surface area contributed by atoms with Gasteiger partial charge in [-0.25, -0.2) is 0 Å². The van der Waals surface area contributed by atoms with Crippen molar-refractivity contribution in [1.29, 1.82) is 0 Å². The second kappa shape index (κ2) is 4.97. The van der Waals surface area contributed by atoms with E-state index >= 15 is 0 Å². The number of ether oxygens (including phenoxy) is 1. The van der Waals surface area contributed by atoms with Gasteiger partial charge < -0.3 is 15.6 Å². The molecule has 0 unspecified atom stereocenters. The third-order valence-corrected chi connectivity index (χ3v) is 2.56. The Morgan fingerprint density at radius 3 is 2.71 bits per heavy atom. The summed E-state index contributed by atoms with van der Waals surface area (Å²) in [5, 5.41) is 10.1. The molecule has 0 saturated heterocycles. The van der Waals surface area contributed by atoms with Gasteiger partial charge in [-0.05, 0) is 29.8 Å². The summed E-state index contributed by atoms with van der Waals surface area (Å²) in [7, 11) is 0. The van der Waals surface area contributed by atoms with Crippen molar-refractivity contribution in [2.75, 3.05) is 5.73 Å². The van der Waals surface area contributed by atoms with Gasteiger partial charge in [0.15, 0.2) is 0 Å². The third kappa shape index (κ3) is 2.82. The van der Waals surface area contributed by atoms with Crippen LogP contribution in [-0.2, 0) is 6.61 Å². The van der Waals surface area contributed by atoms with E-state index in [9.17, 15) is 5.11 Å². The number of benzene rings is 2. The normalized spacial score (nSPS) is 10.2. The standard InChI is InChI=1S/C13H12ClNO2/c14-10-4-1-3-9(7-10)8-17-12-6-2-5-11(16)13(12)15/h1-7,16H,8,15H2. The van der Waals surface area contributed by atoms with Gasteiger partial charge >= 0.3 is 0 Å². The second-order valence-electron chi connectivity index (χ2n) is 3.61. The first-order valence-electron chi connectivity index (χ1n) is 5.11. The van der Waals surface area contributed by atoms with E-state index in [4.69, 9.17) is 22.1 Å². The van der Waals surface area contributed by atoms with Crippen LogP contribution in [0.3, 0.4) is 0 Å². The van der Waals surface area contributed by atoms with Crippen LogP contribution in [-0.4, -0.2) is 5.11 Å². The SMILES string of the molecule is Nc1c(O)cccc1OCc1cccc(Cl)c1. The smallest absolute Gasteiger partial charge is 0.146 e. The minimum absolute atomic E-state index is 0.0218. The summed E-state index contributed by atoms with van der Waals surface area (Å²) in [6, 6.07) is 12.3. The van der Waals surface area contributed by atoms with E-state index in [-0.39, 0.29) is 11.4 Å². The number of nitrogens with two attached hydrogens (primary N) is 1. The van der Waals surface area contributed by atoms with E-state index < -0.39 is 0 Å². The number of hydrogen-bond acceptors (Lipinski definition) is 3. The van der Waals surface area contributed by atoms with E-state index in [0.29, 0.717) is 17.4 Å².